The summed E-state index contributed by atoms with van der Waals surface area (Å²) < 4.78 is 10.4. The van der Waals surface area contributed by atoms with Crippen LogP contribution in [0.5, 0.6) is 5.75 Å². The minimum atomic E-state index is -0.312. The van der Waals surface area contributed by atoms with Crippen LogP contribution in [0.1, 0.15) is 46.1 Å². The summed E-state index contributed by atoms with van der Waals surface area (Å²) in [4.78, 5) is 11.4. The Bertz CT molecular complexity index is 387. The fraction of sp³-hybridized carbons (Fsp3) is 0.562. The second kappa shape index (κ2) is 7.17. The quantitative estimate of drug-likeness (QED) is 0.580. The zero-order valence-corrected chi connectivity index (χ0v) is 12.4. The molecule has 0 bridgehead atoms. The third-order valence-corrected chi connectivity index (χ3v) is 2.84. The molecule has 0 aliphatic rings. The minimum absolute atomic E-state index is 0.0292. The van der Waals surface area contributed by atoms with E-state index in [-0.39, 0.29) is 18.0 Å². The summed E-state index contributed by atoms with van der Waals surface area (Å²) in [6.07, 6.45) is 1.91. The van der Waals surface area contributed by atoms with Crippen molar-refractivity contribution in [3.8, 4) is 5.75 Å². The van der Waals surface area contributed by atoms with Gasteiger partial charge in [-0.25, -0.2) is 4.79 Å². The number of unbranched alkanes of at least 4 members (excludes halogenated alkanes) is 1. The maximum atomic E-state index is 11.4. The first-order chi connectivity index (χ1) is 8.93. The molecule has 0 fully saturated rings. The number of hydrogen-bond acceptors (Lipinski definition) is 3. The number of hydrogen-bond donors (Lipinski definition) is 0. The molecule has 0 saturated heterocycles. The summed E-state index contributed by atoms with van der Waals surface area (Å²) in [6, 6.07) is 7.83. The second-order valence-corrected chi connectivity index (χ2v) is 5.64. The molecule has 0 aliphatic carbocycles. The van der Waals surface area contributed by atoms with Gasteiger partial charge in [-0.2, -0.15) is 0 Å². The summed E-state index contributed by atoms with van der Waals surface area (Å²) in [5.41, 5.74) is 1.36. The number of rotatable bonds is 6. The lowest BCUT2D eigenvalue weighted by Gasteiger charge is -2.19. The lowest BCUT2D eigenvalue weighted by Crippen LogP contribution is -2.15. The fourth-order valence-electron chi connectivity index (χ4n) is 1.57. The van der Waals surface area contributed by atoms with Gasteiger partial charge in [0, 0.05) is 0 Å². The van der Waals surface area contributed by atoms with Gasteiger partial charge in [0.2, 0.25) is 0 Å². The molecule has 0 spiro atoms. The molecule has 0 heterocycles. The van der Waals surface area contributed by atoms with E-state index in [1.165, 1.54) is 5.56 Å². The molecule has 1 aromatic carbocycles. The highest BCUT2D eigenvalue weighted by Gasteiger charge is 2.13. The van der Waals surface area contributed by atoms with Crippen LogP contribution in [-0.4, -0.2) is 19.2 Å². The highest BCUT2D eigenvalue weighted by molar-refractivity contribution is 5.71. The van der Waals surface area contributed by atoms with Gasteiger partial charge in [0.15, 0.2) is 6.61 Å². The van der Waals surface area contributed by atoms with Crippen molar-refractivity contribution in [3.63, 3.8) is 0 Å². The van der Waals surface area contributed by atoms with Gasteiger partial charge in [-0.15, -0.1) is 0 Å². The number of ether oxygens (including phenoxy) is 2. The normalized spacial score (nSPS) is 11.2. The SMILES string of the molecule is CCCCOC(=O)COc1ccc(C(C)(C)C)cc1. The zero-order chi connectivity index (χ0) is 14.3. The van der Waals surface area contributed by atoms with Crippen LogP contribution in [0.15, 0.2) is 24.3 Å². The van der Waals surface area contributed by atoms with Gasteiger partial charge >= 0.3 is 5.97 Å². The van der Waals surface area contributed by atoms with E-state index in [1.807, 2.05) is 24.3 Å². The highest BCUT2D eigenvalue weighted by atomic mass is 16.6. The molecular weight excluding hydrogens is 240 g/mol. The number of carbonyl (C=O) groups is 1. The summed E-state index contributed by atoms with van der Waals surface area (Å²) in [7, 11) is 0. The smallest absolute Gasteiger partial charge is 0.344 e. The van der Waals surface area contributed by atoms with Crippen LogP contribution in [0.3, 0.4) is 0 Å². The molecule has 0 aromatic heterocycles. The van der Waals surface area contributed by atoms with Gasteiger partial charge in [-0.05, 0) is 29.5 Å². The molecule has 3 heteroatoms. The Kier molecular flexibility index (Phi) is 5.87. The van der Waals surface area contributed by atoms with E-state index >= 15 is 0 Å². The van der Waals surface area contributed by atoms with Crippen molar-refractivity contribution in [2.75, 3.05) is 13.2 Å². The molecular formula is C16H24O3. The lowest BCUT2D eigenvalue weighted by atomic mass is 9.87. The Labute approximate surface area is 115 Å². The average Bonchev–Trinajstić information content (AvgIpc) is 2.36. The summed E-state index contributed by atoms with van der Waals surface area (Å²) >= 11 is 0. The maximum Gasteiger partial charge on any atom is 0.344 e. The molecule has 0 radical (unpaired) electrons. The third-order valence-electron chi connectivity index (χ3n) is 2.84. The van der Waals surface area contributed by atoms with Crippen molar-refractivity contribution >= 4 is 5.97 Å². The van der Waals surface area contributed by atoms with Crippen LogP contribution < -0.4 is 4.74 Å². The number of carbonyl (C=O) groups excluding carboxylic acids is 1. The molecule has 1 rings (SSSR count). The molecule has 0 N–H and O–H groups in total. The Morgan fingerprint density at radius 1 is 1.16 bits per heavy atom. The monoisotopic (exact) mass is 264 g/mol. The molecule has 19 heavy (non-hydrogen) atoms. The summed E-state index contributed by atoms with van der Waals surface area (Å²) in [5.74, 6) is 0.383. The van der Waals surface area contributed by atoms with Crippen LogP contribution >= 0.6 is 0 Å². The van der Waals surface area contributed by atoms with E-state index in [9.17, 15) is 4.79 Å². The first-order valence-corrected chi connectivity index (χ1v) is 6.82. The standard InChI is InChI=1S/C16H24O3/c1-5-6-11-18-15(17)12-19-14-9-7-13(8-10-14)16(2,3)4/h7-10H,5-6,11-12H2,1-4H3. The highest BCUT2D eigenvalue weighted by Crippen LogP contribution is 2.24. The fourth-order valence-corrected chi connectivity index (χ4v) is 1.57. The van der Waals surface area contributed by atoms with Gasteiger partial charge in [-0.1, -0.05) is 46.2 Å². The molecule has 0 unspecified atom stereocenters. The third kappa shape index (κ3) is 5.77. The van der Waals surface area contributed by atoms with E-state index in [4.69, 9.17) is 9.47 Å². The molecule has 3 nitrogen and oxygen atoms in total. The Morgan fingerprint density at radius 3 is 2.32 bits per heavy atom. The molecule has 0 saturated carbocycles. The van der Waals surface area contributed by atoms with Crippen LogP contribution in [0, 0.1) is 0 Å². The van der Waals surface area contributed by atoms with Crippen LogP contribution in [0.2, 0.25) is 0 Å². The first kappa shape index (κ1) is 15.5. The molecule has 0 amide bonds. The molecule has 0 atom stereocenters. The summed E-state index contributed by atoms with van der Waals surface area (Å²) in [6.45, 7) is 8.98. The van der Waals surface area contributed by atoms with Gasteiger partial charge < -0.3 is 9.47 Å². The lowest BCUT2D eigenvalue weighted by molar-refractivity contribution is -0.146. The van der Waals surface area contributed by atoms with Crippen molar-refractivity contribution in [2.45, 2.75) is 46.0 Å². The van der Waals surface area contributed by atoms with Crippen molar-refractivity contribution in [1.82, 2.24) is 0 Å². The van der Waals surface area contributed by atoms with Gasteiger partial charge in [0.25, 0.3) is 0 Å². The van der Waals surface area contributed by atoms with Crippen LogP contribution in [0.25, 0.3) is 0 Å². The first-order valence-electron chi connectivity index (χ1n) is 6.82. The van der Waals surface area contributed by atoms with Crippen LogP contribution in [0.4, 0.5) is 0 Å². The average molecular weight is 264 g/mol. The van der Waals surface area contributed by atoms with Gasteiger partial charge in [0.05, 0.1) is 6.61 Å². The summed E-state index contributed by atoms with van der Waals surface area (Å²) in [5, 5.41) is 0. The molecule has 106 valence electrons. The van der Waals surface area contributed by atoms with E-state index in [0.29, 0.717) is 12.4 Å². The maximum absolute atomic E-state index is 11.4. The van der Waals surface area contributed by atoms with Crippen LogP contribution in [-0.2, 0) is 14.9 Å². The van der Waals surface area contributed by atoms with Gasteiger partial charge in [-0.3, -0.25) is 0 Å². The number of benzene rings is 1. The van der Waals surface area contributed by atoms with E-state index in [1.54, 1.807) is 0 Å². The van der Waals surface area contributed by atoms with Crippen molar-refractivity contribution in [1.29, 1.82) is 0 Å². The predicted octanol–water partition coefficient (Wildman–Crippen LogP) is 3.71. The Hall–Kier alpha value is -1.51. The topological polar surface area (TPSA) is 35.5 Å². The van der Waals surface area contributed by atoms with Crippen molar-refractivity contribution < 1.29 is 14.3 Å². The van der Waals surface area contributed by atoms with Crippen molar-refractivity contribution in [3.05, 3.63) is 29.8 Å². The largest absolute Gasteiger partial charge is 0.482 e. The zero-order valence-electron chi connectivity index (χ0n) is 12.4. The predicted molar refractivity (Wildman–Crippen MR) is 76.5 cm³/mol. The van der Waals surface area contributed by atoms with Gasteiger partial charge in [0.1, 0.15) is 5.75 Å². The Balaban J connectivity index is 2.40. The van der Waals surface area contributed by atoms with E-state index in [2.05, 4.69) is 27.7 Å². The van der Waals surface area contributed by atoms with Crippen molar-refractivity contribution in [2.24, 2.45) is 0 Å². The van der Waals surface area contributed by atoms with E-state index < -0.39 is 0 Å². The number of esters is 1. The Morgan fingerprint density at radius 2 is 1.79 bits per heavy atom. The molecule has 1 aromatic rings. The van der Waals surface area contributed by atoms with E-state index in [0.717, 1.165) is 12.8 Å². The molecule has 0 aliphatic heterocycles. The minimum Gasteiger partial charge on any atom is -0.482 e. The second-order valence-electron chi connectivity index (χ2n) is 5.64.